The van der Waals surface area contributed by atoms with Gasteiger partial charge in [0, 0.05) is 24.8 Å². The van der Waals surface area contributed by atoms with E-state index in [1.54, 1.807) is 6.20 Å². The first kappa shape index (κ1) is 7.72. The van der Waals surface area contributed by atoms with Gasteiger partial charge in [-0.3, -0.25) is 9.98 Å². The minimum atomic E-state index is 0.809. The maximum absolute atomic E-state index is 4.10. The molecule has 0 saturated carbocycles. The monoisotopic (exact) mass is 149 g/mol. The van der Waals surface area contributed by atoms with E-state index in [0.717, 1.165) is 12.2 Å². The van der Waals surface area contributed by atoms with E-state index in [9.17, 15) is 0 Å². The second kappa shape index (κ2) is 3.71. The number of rotatable bonds is 2. The third kappa shape index (κ3) is 2.37. The van der Waals surface area contributed by atoms with Gasteiger partial charge in [-0.25, -0.2) is 0 Å². The van der Waals surface area contributed by atoms with E-state index in [2.05, 4.69) is 16.7 Å². The second-order valence-corrected chi connectivity index (χ2v) is 2.26. The highest BCUT2D eigenvalue weighted by Crippen LogP contribution is 2.03. The Kier molecular flexibility index (Phi) is 2.60. The van der Waals surface area contributed by atoms with Crippen molar-refractivity contribution in [1.29, 1.82) is 0 Å². The van der Waals surface area contributed by atoms with Crippen molar-refractivity contribution in [2.75, 3.05) is 6.54 Å². The molecule has 1 aliphatic rings. The van der Waals surface area contributed by atoms with Crippen molar-refractivity contribution in [2.24, 2.45) is 9.98 Å². The van der Waals surface area contributed by atoms with Gasteiger partial charge in [-0.15, -0.1) is 0 Å². The molecule has 0 aromatic rings. The highest BCUT2D eigenvalue weighted by molar-refractivity contribution is 5.63. The normalized spacial score (nSPS) is 17.2. The van der Waals surface area contributed by atoms with Gasteiger partial charge >= 0.3 is 0 Å². The summed E-state index contributed by atoms with van der Waals surface area (Å²) >= 11 is 0. The number of allylic oxidation sites excluding steroid dienone is 1. The topological polar surface area (TPSA) is 28.0 Å². The van der Waals surface area contributed by atoms with Gasteiger partial charge in [0.25, 0.3) is 0 Å². The summed E-state index contributed by atoms with van der Waals surface area (Å²) in [5.74, 6) is 0. The first-order chi connectivity index (χ1) is 5.33. The molecule has 0 amide bonds. The molecule has 1 rings (SSSR count). The van der Waals surface area contributed by atoms with Crippen molar-refractivity contribution in [1.82, 2.24) is 4.90 Å². The molecule has 0 fully saturated rings. The lowest BCUT2D eigenvalue weighted by Gasteiger charge is -2.15. The van der Waals surface area contributed by atoms with Gasteiger partial charge in [-0.2, -0.15) is 0 Å². The lowest BCUT2D eigenvalue weighted by molar-refractivity contribution is 0.570. The van der Waals surface area contributed by atoms with Gasteiger partial charge in [0.2, 0.25) is 0 Å². The fraction of sp³-hybridized carbons (Fsp3) is 0.250. The summed E-state index contributed by atoms with van der Waals surface area (Å²) in [6, 6.07) is 0. The van der Waals surface area contributed by atoms with Crippen molar-refractivity contribution in [3.63, 3.8) is 0 Å². The van der Waals surface area contributed by atoms with Crippen LogP contribution in [0.3, 0.4) is 0 Å². The third-order valence-electron chi connectivity index (χ3n) is 1.30. The fourth-order valence-electron chi connectivity index (χ4n) is 0.842. The van der Waals surface area contributed by atoms with Crippen molar-refractivity contribution in [2.45, 2.75) is 6.92 Å². The van der Waals surface area contributed by atoms with E-state index in [1.807, 2.05) is 30.4 Å². The summed E-state index contributed by atoms with van der Waals surface area (Å²) < 4.78 is 0. The van der Waals surface area contributed by atoms with Crippen LogP contribution in [-0.4, -0.2) is 24.4 Å². The van der Waals surface area contributed by atoms with Crippen LogP contribution in [0.1, 0.15) is 6.92 Å². The Morgan fingerprint density at radius 1 is 1.82 bits per heavy atom. The van der Waals surface area contributed by atoms with Gasteiger partial charge in [0.05, 0.1) is 12.2 Å². The van der Waals surface area contributed by atoms with Gasteiger partial charge in [-0.1, -0.05) is 0 Å². The lowest BCUT2D eigenvalue weighted by atomic mass is 10.4. The highest BCUT2D eigenvalue weighted by atomic mass is 15.1. The van der Waals surface area contributed by atoms with Crippen LogP contribution in [0.4, 0.5) is 0 Å². The Hall–Kier alpha value is -1.38. The fourth-order valence-corrected chi connectivity index (χ4v) is 0.842. The van der Waals surface area contributed by atoms with E-state index in [4.69, 9.17) is 0 Å². The Morgan fingerprint density at radius 2 is 2.64 bits per heavy atom. The average Bonchev–Trinajstić information content (AvgIpc) is 2.01. The average molecular weight is 149 g/mol. The maximum atomic E-state index is 4.10. The third-order valence-corrected chi connectivity index (χ3v) is 1.30. The van der Waals surface area contributed by atoms with Crippen LogP contribution in [0.2, 0.25) is 0 Å². The summed E-state index contributed by atoms with van der Waals surface area (Å²) in [7, 11) is 0. The molecular weight excluding hydrogens is 138 g/mol. The molecule has 0 unspecified atom stereocenters. The van der Waals surface area contributed by atoms with E-state index in [1.165, 1.54) is 0 Å². The molecule has 3 nitrogen and oxygen atoms in total. The first-order valence-electron chi connectivity index (χ1n) is 3.42. The second-order valence-electron chi connectivity index (χ2n) is 2.26. The standard InChI is InChI=1S/C8H11N3/c1-8-7-11(5-3-9-2)6-4-10-8/h3-5,7H,2,6H2,1H3/b5-3-. The zero-order valence-electron chi connectivity index (χ0n) is 6.57. The number of hydrogen-bond acceptors (Lipinski definition) is 3. The largest absolute Gasteiger partial charge is 0.346 e. The van der Waals surface area contributed by atoms with Gasteiger partial charge in [0.15, 0.2) is 0 Å². The Labute approximate surface area is 66.5 Å². The Bertz CT molecular complexity index is 225. The Balaban J connectivity index is 2.56. The van der Waals surface area contributed by atoms with Gasteiger partial charge in [-0.05, 0) is 13.6 Å². The summed E-state index contributed by atoms with van der Waals surface area (Å²) in [5.41, 5.74) is 1.00. The summed E-state index contributed by atoms with van der Waals surface area (Å²) in [6.45, 7) is 6.11. The molecule has 0 spiro atoms. The molecule has 0 atom stereocenters. The van der Waals surface area contributed by atoms with Crippen LogP contribution in [-0.2, 0) is 0 Å². The van der Waals surface area contributed by atoms with Crippen LogP contribution in [0, 0.1) is 0 Å². The molecule has 0 bridgehead atoms. The molecule has 11 heavy (non-hydrogen) atoms. The quantitative estimate of drug-likeness (QED) is 0.545. The smallest absolute Gasteiger partial charge is 0.0574 e. The molecule has 0 aromatic heterocycles. The minimum absolute atomic E-state index is 0.809. The molecular formula is C8H11N3. The highest BCUT2D eigenvalue weighted by Gasteiger charge is 1.97. The number of aliphatic imine (C=N–C) groups is 2. The SMILES string of the molecule is C=N/C=C\N1C=C(C)N=CC1. The molecule has 58 valence electrons. The zero-order valence-corrected chi connectivity index (χ0v) is 6.57. The maximum Gasteiger partial charge on any atom is 0.0574 e. The van der Waals surface area contributed by atoms with Crippen molar-refractivity contribution in [3.8, 4) is 0 Å². The molecule has 0 saturated heterocycles. The molecule has 1 aliphatic heterocycles. The first-order valence-corrected chi connectivity index (χ1v) is 3.42. The molecule has 0 radical (unpaired) electrons. The molecule has 0 aliphatic carbocycles. The Morgan fingerprint density at radius 3 is 3.27 bits per heavy atom. The van der Waals surface area contributed by atoms with Crippen LogP contribution in [0.5, 0.6) is 0 Å². The van der Waals surface area contributed by atoms with E-state index >= 15 is 0 Å². The number of nitrogens with zero attached hydrogens (tertiary/aromatic N) is 3. The van der Waals surface area contributed by atoms with Gasteiger partial charge < -0.3 is 4.90 Å². The zero-order chi connectivity index (χ0) is 8.10. The predicted molar refractivity (Wildman–Crippen MR) is 47.6 cm³/mol. The summed E-state index contributed by atoms with van der Waals surface area (Å²) in [5, 5.41) is 0. The van der Waals surface area contributed by atoms with Crippen molar-refractivity contribution < 1.29 is 0 Å². The predicted octanol–water partition coefficient (Wildman–Crippen LogP) is 1.41. The van der Waals surface area contributed by atoms with Crippen LogP contribution >= 0.6 is 0 Å². The molecule has 0 aromatic carbocycles. The van der Waals surface area contributed by atoms with E-state index in [-0.39, 0.29) is 0 Å². The van der Waals surface area contributed by atoms with Gasteiger partial charge in [0.1, 0.15) is 0 Å². The van der Waals surface area contributed by atoms with Crippen LogP contribution < -0.4 is 0 Å². The van der Waals surface area contributed by atoms with E-state index in [0.29, 0.717) is 0 Å². The number of hydrogen-bond donors (Lipinski definition) is 0. The molecule has 0 N–H and O–H groups in total. The minimum Gasteiger partial charge on any atom is -0.346 e. The summed E-state index contributed by atoms with van der Waals surface area (Å²) in [6.07, 6.45) is 7.34. The summed E-state index contributed by atoms with van der Waals surface area (Å²) in [4.78, 5) is 9.71. The van der Waals surface area contributed by atoms with Crippen molar-refractivity contribution >= 4 is 12.9 Å². The van der Waals surface area contributed by atoms with E-state index < -0.39 is 0 Å². The lowest BCUT2D eigenvalue weighted by Crippen LogP contribution is -2.15. The molecule has 1 heterocycles. The van der Waals surface area contributed by atoms with Crippen LogP contribution in [0.25, 0.3) is 0 Å². The van der Waals surface area contributed by atoms with Crippen LogP contribution in [0.15, 0.2) is 34.3 Å². The molecule has 3 heteroatoms. The van der Waals surface area contributed by atoms with Crippen molar-refractivity contribution in [3.05, 3.63) is 24.3 Å².